The van der Waals surface area contributed by atoms with Gasteiger partial charge in [0.1, 0.15) is 5.75 Å². The molecule has 0 unspecified atom stereocenters. The molecule has 1 heterocycles. The van der Waals surface area contributed by atoms with Crippen molar-refractivity contribution in [2.24, 2.45) is 0 Å². The van der Waals surface area contributed by atoms with Crippen molar-refractivity contribution in [3.05, 3.63) is 34.3 Å². The fourth-order valence-electron chi connectivity index (χ4n) is 2.39. The maximum atomic E-state index is 6.21. The van der Waals surface area contributed by atoms with Crippen LogP contribution in [0.4, 0.5) is 0 Å². The van der Waals surface area contributed by atoms with E-state index in [2.05, 4.69) is 5.32 Å². The van der Waals surface area contributed by atoms with Gasteiger partial charge in [0.2, 0.25) is 0 Å². The number of hydrogen-bond acceptors (Lipinski definition) is 4. The average molecular weight is 338 g/mol. The lowest BCUT2D eigenvalue weighted by Gasteiger charge is -2.32. The van der Waals surface area contributed by atoms with Crippen LogP contribution in [0.1, 0.15) is 33.3 Å². The third-order valence-corrected chi connectivity index (χ3v) is 4.76. The van der Waals surface area contributed by atoms with Gasteiger partial charge < -0.3 is 19.4 Å². The van der Waals surface area contributed by atoms with Crippen LogP contribution in [0.15, 0.2) is 23.7 Å². The number of hydrogen-bond donors (Lipinski definition) is 1. The van der Waals surface area contributed by atoms with E-state index in [1.807, 2.05) is 59.0 Å². The first kappa shape index (κ1) is 18.3. The highest BCUT2D eigenvalue weighted by Gasteiger charge is 2.52. The van der Waals surface area contributed by atoms with Crippen molar-refractivity contribution in [2.45, 2.75) is 38.9 Å². The van der Waals surface area contributed by atoms with Crippen LogP contribution in [0.2, 0.25) is 5.02 Å². The minimum absolute atomic E-state index is 0.359. The maximum Gasteiger partial charge on any atom is 0.491 e. The summed E-state index contributed by atoms with van der Waals surface area (Å²) in [4.78, 5) is 0. The monoisotopic (exact) mass is 337 g/mol. The predicted molar refractivity (Wildman–Crippen MR) is 96.0 cm³/mol. The minimum Gasteiger partial charge on any atom is -0.495 e. The molecule has 1 aromatic carbocycles. The van der Waals surface area contributed by atoms with Gasteiger partial charge in [0, 0.05) is 6.54 Å². The minimum atomic E-state index is -0.381. The van der Waals surface area contributed by atoms with E-state index in [-0.39, 0.29) is 18.3 Å². The van der Waals surface area contributed by atoms with E-state index < -0.39 is 0 Å². The number of nitrogens with one attached hydrogen (secondary N) is 1. The summed E-state index contributed by atoms with van der Waals surface area (Å²) in [5.41, 5.74) is 1.28. The van der Waals surface area contributed by atoms with Gasteiger partial charge in [0.15, 0.2) is 0 Å². The van der Waals surface area contributed by atoms with Gasteiger partial charge in [-0.05, 0) is 57.9 Å². The molecule has 1 aliphatic rings. The van der Waals surface area contributed by atoms with Gasteiger partial charge in [-0.2, -0.15) is 0 Å². The van der Waals surface area contributed by atoms with E-state index in [0.29, 0.717) is 17.3 Å². The molecule has 126 valence electrons. The highest BCUT2D eigenvalue weighted by atomic mass is 35.5. The summed E-state index contributed by atoms with van der Waals surface area (Å²) in [6, 6.07) is 5.70. The van der Waals surface area contributed by atoms with Crippen LogP contribution in [0.25, 0.3) is 6.08 Å². The molecule has 1 aromatic rings. The summed E-state index contributed by atoms with van der Waals surface area (Å²) in [5.74, 6) is 0.662. The molecule has 0 aliphatic carbocycles. The molecule has 0 amide bonds. The smallest absolute Gasteiger partial charge is 0.491 e. The molecule has 0 saturated carbocycles. The molecule has 2 rings (SSSR count). The van der Waals surface area contributed by atoms with Crippen molar-refractivity contribution in [3.8, 4) is 5.75 Å². The van der Waals surface area contributed by atoms with Crippen molar-refractivity contribution in [2.75, 3.05) is 20.7 Å². The SMILES string of the molecule is CNCC(=Cc1ccc(OC)c(Cl)c1)B1OC(C)(C)C(C)(C)O1. The topological polar surface area (TPSA) is 39.7 Å². The van der Waals surface area contributed by atoms with Gasteiger partial charge in [0.25, 0.3) is 0 Å². The van der Waals surface area contributed by atoms with Crippen LogP contribution in [-0.4, -0.2) is 39.0 Å². The Balaban J connectivity index is 2.30. The Labute approximate surface area is 144 Å². The molecule has 4 nitrogen and oxygen atoms in total. The fraction of sp³-hybridized carbons (Fsp3) is 0.529. The number of rotatable bonds is 5. The third-order valence-electron chi connectivity index (χ3n) is 4.46. The molecule has 1 N–H and O–H groups in total. The largest absolute Gasteiger partial charge is 0.495 e. The van der Waals surface area contributed by atoms with E-state index in [1.165, 1.54) is 0 Å². The molecular weight excluding hydrogens is 312 g/mol. The molecule has 0 radical (unpaired) electrons. The van der Waals surface area contributed by atoms with Gasteiger partial charge in [-0.1, -0.05) is 23.7 Å². The quantitative estimate of drug-likeness (QED) is 0.834. The van der Waals surface area contributed by atoms with Crippen molar-refractivity contribution < 1.29 is 14.0 Å². The summed E-state index contributed by atoms with van der Waals surface area (Å²) in [7, 11) is 3.13. The Kier molecular flexibility index (Phi) is 5.46. The van der Waals surface area contributed by atoms with Crippen LogP contribution >= 0.6 is 11.6 Å². The molecule has 6 heteroatoms. The van der Waals surface area contributed by atoms with Crippen molar-refractivity contribution in [3.63, 3.8) is 0 Å². The van der Waals surface area contributed by atoms with E-state index in [1.54, 1.807) is 7.11 Å². The Bertz CT molecular complexity index is 586. The molecule has 1 saturated heterocycles. The third kappa shape index (κ3) is 3.91. The van der Waals surface area contributed by atoms with Crippen LogP contribution < -0.4 is 10.1 Å². The van der Waals surface area contributed by atoms with Crippen LogP contribution in [0.3, 0.4) is 0 Å². The first-order chi connectivity index (χ1) is 10.7. The molecule has 1 fully saturated rings. The van der Waals surface area contributed by atoms with Crippen molar-refractivity contribution >= 4 is 24.8 Å². The summed E-state index contributed by atoms with van der Waals surface area (Å²) in [6.45, 7) is 8.87. The van der Waals surface area contributed by atoms with E-state index in [0.717, 1.165) is 11.0 Å². The Morgan fingerprint density at radius 3 is 2.35 bits per heavy atom. The first-order valence-corrected chi connectivity index (χ1v) is 8.12. The lowest BCUT2D eigenvalue weighted by Crippen LogP contribution is -2.41. The zero-order valence-corrected chi connectivity index (χ0v) is 15.5. The number of likely N-dealkylation sites (N-methyl/N-ethyl adjacent to an activating group) is 1. The summed E-state index contributed by atoms with van der Waals surface area (Å²) < 4.78 is 17.5. The van der Waals surface area contributed by atoms with E-state index in [4.69, 9.17) is 25.6 Å². The molecule has 1 aliphatic heterocycles. The summed E-state index contributed by atoms with van der Waals surface area (Å²) in [6.07, 6.45) is 2.05. The second kappa shape index (κ2) is 6.85. The molecule has 0 aromatic heterocycles. The highest BCUT2D eigenvalue weighted by Crippen LogP contribution is 2.39. The predicted octanol–water partition coefficient (Wildman–Crippen LogP) is 3.58. The Morgan fingerprint density at radius 2 is 1.87 bits per heavy atom. The fourth-order valence-corrected chi connectivity index (χ4v) is 2.65. The first-order valence-electron chi connectivity index (χ1n) is 7.74. The van der Waals surface area contributed by atoms with Gasteiger partial charge >= 0.3 is 7.12 Å². The van der Waals surface area contributed by atoms with E-state index >= 15 is 0 Å². The van der Waals surface area contributed by atoms with Crippen LogP contribution in [-0.2, 0) is 9.31 Å². The zero-order valence-electron chi connectivity index (χ0n) is 14.7. The summed E-state index contributed by atoms with van der Waals surface area (Å²) in [5, 5.41) is 3.75. The van der Waals surface area contributed by atoms with Gasteiger partial charge in [-0.15, -0.1) is 0 Å². The average Bonchev–Trinajstić information content (AvgIpc) is 2.67. The van der Waals surface area contributed by atoms with Gasteiger partial charge in [0.05, 0.1) is 23.3 Å². The molecule has 23 heavy (non-hydrogen) atoms. The van der Waals surface area contributed by atoms with Crippen molar-refractivity contribution in [1.82, 2.24) is 5.32 Å². The number of halogens is 1. The second-order valence-electron chi connectivity index (χ2n) is 6.73. The lowest BCUT2D eigenvalue weighted by molar-refractivity contribution is 0.00578. The number of benzene rings is 1. The van der Waals surface area contributed by atoms with Crippen LogP contribution in [0, 0.1) is 0 Å². The zero-order chi connectivity index (χ0) is 17.3. The Hall–Kier alpha value is -1.01. The van der Waals surface area contributed by atoms with Crippen molar-refractivity contribution in [1.29, 1.82) is 0 Å². The number of ether oxygens (including phenoxy) is 1. The molecule has 0 bridgehead atoms. The lowest BCUT2D eigenvalue weighted by atomic mass is 9.77. The second-order valence-corrected chi connectivity index (χ2v) is 7.14. The number of methoxy groups -OCH3 is 1. The van der Waals surface area contributed by atoms with E-state index in [9.17, 15) is 0 Å². The summed E-state index contributed by atoms with van der Waals surface area (Å²) >= 11 is 6.21. The normalized spacial score (nSPS) is 20.0. The highest BCUT2D eigenvalue weighted by molar-refractivity contribution is 6.56. The van der Waals surface area contributed by atoms with Gasteiger partial charge in [-0.3, -0.25) is 0 Å². The molecule has 0 atom stereocenters. The molecular formula is C17H25BClNO3. The van der Waals surface area contributed by atoms with Crippen LogP contribution in [0.5, 0.6) is 5.75 Å². The Morgan fingerprint density at radius 1 is 1.26 bits per heavy atom. The standard InChI is InChI=1S/C17H25BClNO3/c1-16(2)17(3,4)23-18(22-16)13(11-20-5)9-12-7-8-15(21-6)14(19)10-12/h7-10,20H,11H2,1-6H3. The maximum absolute atomic E-state index is 6.21. The van der Waals surface area contributed by atoms with Gasteiger partial charge in [-0.25, -0.2) is 0 Å². The molecule has 0 spiro atoms.